The lowest BCUT2D eigenvalue weighted by atomic mass is 10.3. The Kier molecular flexibility index (Phi) is 3.52. The summed E-state index contributed by atoms with van der Waals surface area (Å²) in [6.07, 6.45) is 7.67. The van der Waals surface area contributed by atoms with Gasteiger partial charge in [0.25, 0.3) is 0 Å². The summed E-state index contributed by atoms with van der Waals surface area (Å²) in [5, 5.41) is 1.17. The van der Waals surface area contributed by atoms with Crippen LogP contribution in [-0.4, -0.2) is 57.1 Å². The molecule has 1 N–H and O–H groups in total. The van der Waals surface area contributed by atoms with E-state index in [0.717, 1.165) is 50.7 Å². The Balaban J connectivity index is 1.34. The summed E-state index contributed by atoms with van der Waals surface area (Å²) < 4.78 is 2.13. The fraction of sp³-hybridized carbons (Fsp3) is 0.375. The van der Waals surface area contributed by atoms with Crippen molar-refractivity contribution >= 4 is 16.9 Å². The molecule has 1 aliphatic rings. The van der Waals surface area contributed by atoms with Gasteiger partial charge in [0.05, 0.1) is 6.33 Å². The van der Waals surface area contributed by atoms with Gasteiger partial charge >= 0.3 is 0 Å². The van der Waals surface area contributed by atoms with Crippen molar-refractivity contribution in [2.75, 3.05) is 37.6 Å². The van der Waals surface area contributed by atoms with Crippen LogP contribution < -0.4 is 4.90 Å². The summed E-state index contributed by atoms with van der Waals surface area (Å²) in [4.78, 5) is 16.9. The van der Waals surface area contributed by atoms with Crippen LogP contribution in [-0.2, 0) is 6.54 Å². The highest BCUT2D eigenvalue weighted by Crippen LogP contribution is 2.18. The number of aromatic amines is 1. The molecule has 3 aromatic rings. The number of nitrogens with one attached hydrogen (secondary N) is 1. The molecule has 6 heteroatoms. The van der Waals surface area contributed by atoms with Gasteiger partial charge in [0.1, 0.15) is 11.5 Å². The van der Waals surface area contributed by atoms with Crippen molar-refractivity contribution in [2.24, 2.45) is 0 Å². The van der Waals surface area contributed by atoms with Crippen LogP contribution in [0.1, 0.15) is 0 Å². The van der Waals surface area contributed by atoms with Gasteiger partial charge < -0.3 is 14.5 Å². The molecule has 0 aliphatic carbocycles. The summed E-state index contributed by atoms with van der Waals surface area (Å²) in [7, 11) is 0. The SMILES string of the molecule is c1cn(CCN2CCN(c3ccc4cc[nH]c4n3)CC2)cn1. The van der Waals surface area contributed by atoms with Crippen molar-refractivity contribution < 1.29 is 0 Å². The first-order chi connectivity index (χ1) is 10.9. The molecule has 0 saturated carbocycles. The summed E-state index contributed by atoms with van der Waals surface area (Å²) in [6.45, 7) is 6.31. The average Bonchev–Trinajstić information content (AvgIpc) is 3.24. The average molecular weight is 296 g/mol. The number of rotatable bonds is 4. The number of anilines is 1. The minimum atomic E-state index is 0.972. The van der Waals surface area contributed by atoms with Crippen molar-refractivity contribution in [3.8, 4) is 0 Å². The second kappa shape index (κ2) is 5.81. The Morgan fingerprint density at radius 3 is 2.77 bits per heavy atom. The number of piperazine rings is 1. The van der Waals surface area contributed by atoms with Gasteiger partial charge in [0, 0.05) is 63.2 Å². The van der Waals surface area contributed by atoms with E-state index < -0.39 is 0 Å². The van der Waals surface area contributed by atoms with E-state index >= 15 is 0 Å². The van der Waals surface area contributed by atoms with Gasteiger partial charge in [-0.25, -0.2) is 9.97 Å². The lowest BCUT2D eigenvalue weighted by Crippen LogP contribution is -2.47. The Morgan fingerprint density at radius 2 is 1.95 bits per heavy atom. The zero-order valence-electron chi connectivity index (χ0n) is 12.5. The summed E-state index contributed by atoms with van der Waals surface area (Å²) in [5.41, 5.74) is 0.972. The third-order valence-corrected chi connectivity index (χ3v) is 4.32. The standard InChI is InChI=1S/C16H20N6/c1-2-15(19-16-14(1)3-4-18-16)22-11-9-20(10-12-22)7-8-21-6-5-17-13-21/h1-6,13H,7-12H2,(H,18,19). The molecule has 1 aliphatic heterocycles. The van der Waals surface area contributed by atoms with Gasteiger partial charge in [-0.15, -0.1) is 0 Å². The number of imidazole rings is 1. The fourth-order valence-corrected chi connectivity index (χ4v) is 2.97. The maximum absolute atomic E-state index is 4.71. The number of nitrogens with zero attached hydrogens (tertiary/aromatic N) is 5. The third-order valence-electron chi connectivity index (χ3n) is 4.32. The minimum absolute atomic E-state index is 0.972. The van der Waals surface area contributed by atoms with Crippen LogP contribution in [0.3, 0.4) is 0 Å². The summed E-state index contributed by atoms with van der Waals surface area (Å²) in [6, 6.07) is 6.32. The molecule has 1 fully saturated rings. The zero-order valence-corrected chi connectivity index (χ0v) is 12.5. The first kappa shape index (κ1) is 13.3. The van der Waals surface area contributed by atoms with E-state index in [1.54, 1.807) is 0 Å². The zero-order chi connectivity index (χ0) is 14.8. The second-order valence-corrected chi connectivity index (χ2v) is 5.71. The largest absolute Gasteiger partial charge is 0.354 e. The summed E-state index contributed by atoms with van der Waals surface area (Å²) >= 11 is 0. The molecular formula is C16H20N6. The van der Waals surface area contributed by atoms with Crippen molar-refractivity contribution in [3.05, 3.63) is 43.1 Å². The summed E-state index contributed by atoms with van der Waals surface area (Å²) in [5.74, 6) is 1.07. The van der Waals surface area contributed by atoms with Gasteiger partial charge in [0.2, 0.25) is 0 Å². The predicted molar refractivity (Wildman–Crippen MR) is 87.0 cm³/mol. The van der Waals surface area contributed by atoms with Gasteiger partial charge in [-0.3, -0.25) is 4.90 Å². The van der Waals surface area contributed by atoms with Crippen LogP contribution in [0.5, 0.6) is 0 Å². The van der Waals surface area contributed by atoms with Crippen molar-refractivity contribution in [1.29, 1.82) is 0 Å². The predicted octanol–water partition coefficient (Wildman–Crippen LogP) is 1.58. The maximum atomic E-state index is 4.71. The van der Waals surface area contributed by atoms with Crippen LogP contribution in [0.2, 0.25) is 0 Å². The Labute approximate surface area is 129 Å². The molecule has 0 atom stereocenters. The first-order valence-corrected chi connectivity index (χ1v) is 7.76. The van der Waals surface area contributed by atoms with Crippen LogP contribution in [0.25, 0.3) is 11.0 Å². The normalized spacial score (nSPS) is 16.5. The minimum Gasteiger partial charge on any atom is -0.354 e. The van der Waals surface area contributed by atoms with Crippen LogP contribution in [0.4, 0.5) is 5.82 Å². The molecule has 0 spiro atoms. The van der Waals surface area contributed by atoms with E-state index in [1.807, 2.05) is 24.9 Å². The molecule has 0 aromatic carbocycles. The number of hydrogen-bond acceptors (Lipinski definition) is 4. The van der Waals surface area contributed by atoms with E-state index in [0.29, 0.717) is 0 Å². The molecule has 0 bridgehead atoms. The number of hydrogen-bond donors (Lipinski definition) is 1. The number of H-pyrrole nitrogens is 1. The highest BCUT2D eigenvalue weighted by molar-refractivity contribution is 5.77. The molecule has 3 aromatic heterocycles. The van der Waals surface area contributed by atoms with Gasteiger partial charge in [-0.1, -0.05) is 0 Å². The molecule has 6 nitrogen and oxygen atoms in total. The second-order valence-electron chi connectivity index (χ2n) is 5.71. The smallest absolute Gasteiger partial charge is 0.139 e. The first-order valence-electron chi connectivity index (χ1n) is 7.76. The van der Waals surface area contributed by atoms with Gasteiger partial charge in [0.15, 0.2) is 0 Å². The monoisotopic (exact) mass is 296 g/mol. The third kappa shape index (κ3) is 2.69. The van der Waals surface area contributed by atoms with Crippen LogP contribution in [0.15, 0.2) is 43.1 Å². The molecule has 0 amide bonds. The highest BCUT2D eigenvalue weighted by Gasteiger charge is 2.18. The Bertz CT molecular complexity index is 724. The van der Waals surface area contributed by atoms with Crippen LogP contribution >= 0.6 is 0 Å². The van der Waals surface area contributed by atoms with Gasteiger partial charge in [-0.2, -0.15) is 0 Å². The fourth-order valence-electron chi connectivity index (χ4n) is 2.97. The maximum Gasteiger partial charge on any atom is 0.139 e. The highest BCUT2D eigenvalue weighted by atomic mass is 15.3. The Hall–Kier alpha value is -2.34. The molecule has 4 rings (SSSR count). The number of fused-ring (bicyclic) bond motifs is 1. The van der Waals surface area contributed by atoms with E-state index in [-0.39, 0.29) is 0 Å². The molecule has 0 radical (unpaired) electrons. The van der Waals surface area contributed by atoms with Gasteiger partial charge in [-0.05, 0) is 18.2 Å². The molecule has 4 heterocycles. The number of pyridine rings is 1. The van der Waals surface area contributed by atoms with E-state index in [2.05, 4.69) is 42.5 Å². The lowest BCUT2D eigenvalue weighted by Gasteiger charge is -2.35. The van der Waals surface area contributed by atoms with E-state index in [1.165, 1.54) is 5.39 Å². The van der Waals surface area contributed by atoms with E-state index in [4.69, 9.17) is 4.98 Å². The molecule has 22 heavy (non-hydrogen) atoms. The number of aromatic nitrogens is 4. The lowest BCUT2D eigenvalue weighted by molar-refractivity contribution is 0.247. The molecule has 0 unspecified atom stereocenters. The van der Waals surface area contributed by atoms with Crippen molar-refractivity contribution in [3.63, 3.8) is 0 Å². The van der Waals surface area contributed by atoms with E-state index in [9.17, 15) is 0 Å². The van der Waals surface area contributed by atoms with Crippen LogP contribution in [0, 0.1) is 0 Å². The van der Waals surface area contributed by atoms with Crippen molar-refractivity contribution in [2.45, 2.75) is 6.54 Å². The molecule has 114 valence electrons. The molecular weight excluding hydrogens is 276 g/mol. The Morgan fingerprint density at radius 1 is 1.05 bits per heavy atom. The van der Waals surface area contributed by atoms with Crippen molar-refractivity contribution in [1.82, 2.24) is 24.4 Å². The quantitative estimate of drug-likeness (QED) is 0.794. The molecule has 1 saturated heterocycles. The topological polar surface area (TPSA) is 53.0 Å².